The van der Waals surface area contributed by atoms with Crippen LogP contribution in [0, 0.1) is 11.7 Å². The van der Waals surface area contributed by atoms with Gasteiger partial charge in [0.15, 0.2) is 0 Å². The van der Waals surface area contributed by atoms with Crippen molar-refractivity contribution in [3.05, 3.63) is 30.1 Å². The van der Waals surface area contributed by atoms with Crippen LogP contribution in [-0.2, 0) is 14.8 Å². The fourth-order valence-electron chi connectivity index (χ4n) is 2.59. The van der Waals surface area contributed by atoms with Gasteiger partial charge >= 0.3 is 0 Å². The number of sulfonamides is 1. The van der Waals surface area contributed by atoms with Crippen LogP contribution >= 0.6 is 0 Å². The van der Waals surface area contributed by atoms with Crippen molar-refractivity contribution in [3.8, 4) is 0 Å². The van der Waals surface area contributed by atoms with Crippen molar-refractivity contribution in [2.45, 2.75) is 24.8 Å². The summed E-state index contributed by atoms with van der Waals surface area (Å²) in [7, 11) is -2.14. The molecule has 8 heteroatoms. The van der Waals surface area contributed by atoms with Gasteiger partial charge in [-0.1, -0.05) is 26.0 Å². The molecule has 1 heterocycles. The standard InChI is InChI=1S/C16H24FN3O3S/c1-12(2)15(16(21)20-10-8-19(3)9-11-20)18-24(22,23)14-7-5-4-6-13(14)17/h4-7,12,15,18H,8-11H2,1-3H3. The number of hydrogen-bond acceptors (Lipinski definition) is 4. The van der Waals surface area contributed by atoms with E-state index in [9.17, 15) is 17.6 Å². The number of carbonyl (C=O) groups is 1. The Labute approximate surface area is 142 Å². The summed E-state index contributed by atoms with van der Waals surface area (Å²) in [4.78, 5) is 16.1. The molecule has 0 spiro atoms. The molecule has 24 heavy (non-hydrogen) atoms. The summed E-state index contributed by atoms with van der Waals surface area (Å²) in [6, 6.07) is 4.22. The fourth-order valence-corrected chi connectivity index (χ4v) is 4.01. The van der Waals surface area contributed by atoms with Crippen LogP contribution in [0.5, 0.6) is 0 Å². The third-order valence-corrected chi connectivity index (χ3v) is 5.63. The maximum Gasteiger partial charge on any atom is 0.244 e. The van der Waals surface area contributed by atoms with Gasteiger partial charge in [-0.15, -0.1) is 0 Å². The number of likely N-dealkylation sites (N-methyl/N-ethyl adjacent to an activating group) is 1. The third-order valence-electron chi connectivity index (χ3n) is 4.16. The molecule has 2 rings (SSSR count). The van der Waals surface area contributed by atoms with Gasteiger partial charge in [-0.25, -0.2) is 12.8 Å². The number of carbonyl (C=O) groups excluding carboxylic acids is 1. The molecule has 0 aliphatic carbocycles. The molecule has 1 aliphatic heterocycles. The predicted molar refractivity (Wildman–Crippen MR) is 89.4 cm³/mol. The summed E-state index contributed by atoms with van der Waals surface area (Å²) in [5, 5.41) is 0. The molecule has 134 valence electrons. The highest BCUT2D eigenvalue weighted by Gasteiger charge is 2.33. The smallest absolute Gasteiger partial charge is 0.244 e. The predicted octanol–water partition coefficient (Wildman–Crippen LogP) is 0.903. The number of benzene rings is 1. The van der Waals surface area contributed by atoms with E-state index in [1.54, 1.807) is 18.7 Å². The average molecular weight is 357 g/mol. The Hall–Kier alpha value is -1.51. The van der Waals surface area contributed by atoms with Gasteiger partial charge in [0, 0.05) is 26.2 Å². The van der Waals surface area contributed by atoms with Crippen LogP contribution in [0.3, 0.4) is 0 Å². The molecule has 1 unspecified atom stereocenters. The van der Waals surface area contributed by atoms with Gasteiger partial charge in [-0.2, -0.15) is 4.72 Å². The Kier molecular flexibility index (Phi) is 5.95. The van der Waals surface area contributed by atoms with E-state index >= 15 is 0 Å². The summed E-state index contributed by atoms with van der Waals surface area (Å²) in [6.07, 6.45) is 0. The Morgan fingerprint density at radius 2 is 1.75 bits per heavy atom. The average Bonchev–Trinajstić information content (AvgIpc) is 2.53. The van der Waals surface area contributed by atoms with Crippen LogP contribution in [0.1, 0.15) is 13.8 Å². The molecule has 6 nitrogen and oxygen atoms in total. The minimum atomic E-state index is -4.11. The lowest BCUT2D eigenvalue weighted by molar-refractivity contribution is -0.135. The highest BCUT2D eigenvalue weighted by molar-refractivity contribution is 7.89. The second-order valence-corrected chi connectivity index (χ2v) is 8.08. The van der Waals surface area contributed by atoms with E-state index in [-0.39, 0.29) is 11.8 Å². The molecule has 1 amide bonds. The van der Waals surface area contributed by atoms with Crippen LogP contribution in [0.2, 0.25) is 0 Å². The lowest BCUT2D eigenvalue weighted by Crippen LogP contribution is -2.55. The van der Waals surface area contributed by atoms with Crippen LogP contribution in [0.4, 0.5) is 4.39 Å². The van der Waals surface area contributed by atoms with E-state index in [0.29, 0.717) is 13.1 Å². The largest absolute Gasteiger partial charge is 0.339 e. The van der Waals surface area contributed by atoms with Gasteiger partial charge < -0.3 is 9.80 Å². The number of hydrogen-bond donors (Lipinski definition) is 1. The Morgan fingerprint density at radius 1 is 1.17 bits per heavy atom. The van der Waals surface area contributed by atoms with Gasteiger partial charge in [0.05, 0.1) is 0 Å². The molecule has 0 bridgehead atoms. The van der Waals surface area contributed by atoms with Gasteiger partial charge in [0.25, 0.3) is 0 Å². The molecule has 1 atom stereocenters. The number of rotatable bonds is 5. The normalized spacial score (nSPS) is 18.0. The van der Waals surface area contributed by atoms with Crippen LogP contribution in [0.25, 0.3) is 0 Å². The van der Waals surface area contributed by atoms with Gasteiger partial charge in [0.2, 0.25) is 15.9 Å². The van der Waals surface area contributed by atoms with Gasteiger partial charge in [0.1, 0.15) is 16.8 Å². The molecule has 1 aromatic carbocycles. The van der Waals surface area contributed by atoms with Crippen molar-refractivity contribution in [1.29, 1.82) is 0 Å². The van der Waals surface area contributed by atoms with Crippen molar-refractivity contribution in [2.75, 3.05) is 33.2 Å². The molecular formula is C16H24FN3O3S. The maximum atomic E-state index is 13.8. The molecule has 0 aromatic heterocycles. The number of halogens is 1. The number of piperazine rings is 1. The zero-order chi connectivity index (χ0) is 17.9. The van der Waals surface area contributed by atoms with Crippen molar-refractivity contribution >= 4 is 15.9 Å². The summed E-state index contributed by atoms with van der Waals surface area (Å²) >= 11 is 0. The van der Waals surface area contributed by atoms with Gasteiger partial charge in [-0.05, 0) is 25.1 Å². The minimum Gasteiger partial charge on any atom is -0.339 e. The first-order valence-corrected chi connectivity index (χ1v) is 9.45. The zero-order valence-corrected chi connectivity index (χ0v) is 15.0. The summed E-state index contributed by atoms with van der Waals surface area (Å²) in [5.74, 6) is -1.35. The van der Waals surface area contributed by atoms with Crippen LogP contribution in [0.15, 0.2) is 29.2 Å². The highest BCUT2D eigenvalue weighted by Crippen LogP contribution is 2.17. The first-order chi connectivity index (χ1) is 11.2. The first kappa shape index (κ1) is 18.8. The number of nitrogens with one attached hydrogen (secondary N) is 1. The summed E-state index contributed by atoms with van der Waals surface area (Å²) in [6.45, 7) is 6.14. The quantitative estimate of drug-likeness (QED) is 0.850. The Morgan fingerprint density at radius 3 is 2.29 bits per heavy atom. The minimum absolute atomic E-state index is 0.251. The third kappa shape index (κ3) is 4.31. The van der Waals surface area contributed by atoms with E-state index < -0.39 is 26.8 Å². The van der Waals surface area contributed by atoms with E-state index in [0.717, 1.165) is 19.2 Å². The Balaban J connectivity index is 2.19. The van der Waals surface area contributed by atoms with Crippen molar-refractivity contribution < 1.29 is 17.6 Å². The highest BCUT2D eigenvalue weighted by atomic mass is 32.2. The lowest BCUT2D eigenvalue weighted by atomic mass is 10.0. The molecule has 1 N–H and O–H groups in total. The SMILES string of the molecule is CC(C)C(NS(=O)(=O)c1ccccc1F)C(=O)N1CCN(C)CC1. The molecule has 0 radical (unpaired) electrons. The molecule has 1 aromatic rings. The molecule has 1 fully saturated rings. The monoisotopic (exact) mass is 357 g/mol. The van der Waals surface area contributed by atoms with E-state index in [1.165, 1.54) is 18.2 Å². The van der Waals surface area contributed by atoms with Crippen LogP contribution in [-0.4, -0.2) is 63.4 Å². The van der Waals surface area contributed by atoms with Gasteiger partial charge in [-0.3, -0.25) is 4.79 Å². The summed E-state index contributed by atoms with van der Waals surface area (Å²) in [5.41, 5.74) is 0. The van der Waals surface area contributed by atoms with E-state index in [2.05, 4.69) is 9.62 Å². The lowest BCUT2D eigenvalue weighted by Gasteiger charge is -2.35. The van der Waals surface area contributed by atoms with Crippen LogP contribution < -0.4 is 4.72 Å². The number of nitrogens with zero attached hydrogens (tertiary/aromatic N) is 2. The second-order valence-electron chi connectivity index (χ2n) is 6.40. The molecule has 1 saturated heterocycles. The molecular weight excluding hydrogens is 333 g/mol. The van der Waals surface area contributed by atoms with E-state index in [1.807, 2.05) is 7.05 Å². The van der Waals surface area contributed by atoms with Crippen molar-refractivity contribution in [2.24, 2.45) is 5.92 Å². The topological polar surface area (TPSA) is 69.7 Å². The maximum absolute atomic E-state index is 13.8. The number of amides is 1. The van der Waals surface area contributed by atoms with Crippen molar-refractivity contribution in [1.82, 2.24) is 14.5 Å². The molecule has 0 saturated carbocycles. The second kappa shape index (κ2) is 7.58. The fraction of sp³-hybridized carbons (Fsp3) is 0.562. The van der Waals surface area contributed by atoms with E-state index in [4.69, 9.17) is 0 Å². The molecule has 1 aliphatic rings. The van der Waals surface area contributed by atoms with Crippen molar-refractivity contribution in [3.63, 3.8) is 0 Å². The Bertz CT molecular complexity index is 686. The zero-order valence-electron chi connectivity index (χ0n) is 14.2. The first-order valence-electron chi connectivity index (χ1n) is 7.96. The summed E-state index contributed by atoms with van der Waals surface area (Å²) < 4.78 is 41.2.